The van der Waals surface area contributed by atoms with Crippen molar-refractivity contribution in [2.24, 2.45) is 0 Å². The molecule has 1 heterocycles. The smallest absolute Gasteiger partial charge is 0.260 e. The van der Waals surface area contributed by atoms with Crippen molar-refractivity contribution in [3.05, 3.63) is 29.8 Å². The van der Waals surface area contributed by atoms with Crippen LogP contribution in [-0.2, 0) is 9.53 Å². The van der Waals surface area contributed by atoms with Crippen molar-refractivity contribution in [1.82, 2.24) is 4.90 Å². The maximum Gasteiger partial charge on any atom is 0.260 e. The molecule has 1 saturated heterocycles. The lowest BCUT2D eigenvalue weighted by Crippen LogP contribution is -2.48. The van der Waals surface area contributed by atoms with Crippen LogP contribution in [0.25, 0.3) is 0 Å². The summed E-state index contributed by atoms with van der Waals surface area (Å²) >= 11 is 0. The number of rotatable bonds is 4. The number of nitriles is 1. The minimum absolute atomic E-state index is 0.0654. The van der Waals surface area contributed by atoms with Gasteiger partial charge in [0.05, 0.1) is 31.0 Å². The van der Waals surface area contributed by atoms with Gasteiger partial charge >= 0.3 is 0 Å². The number of hydrogen-bond donors (Lipinski definition) is 1. The Bertz CT molecular complexity index is 495. The number of carbonyl (C=O) groups is 1. The minimum atomic E-state index is -0.317. The summed E-state index contributed by atoms with van der Waals surface area (Å²) in [5.74, 6) is 0.403. The SMILES string of the molecule is N#Cc1ccc(OCC(=O)N2CCOC(CO)C2)cc1. The normalized spacial score (nSPS) is 18.4. The Balaban J connectivity index is 1.83. The van der Waals surface area contributed by atoms with Crippen LogP contribution >= 0.6 is 0 Å². The maximum atomic E-state index is 12.0. The molecule has 0 bridgehead atoms. The van der Waals surface area contributed by atoms with Crippen LogP contribution in [0.15, 0.2) is 24.3 Å². The Morgan fingerprint density at radius 1 is 1.50 bits per heavy atom. The van der Waals surface area contributed by atoms with Crippen molar-refractivity contribution in [1.29, 1.82) is 5.26 Å². The van der Waals surface area contributed by atoms with Crippen molar-refractivity contribution in [3.63, 3.8) is 0 Å². The maximum absolute atomic E-state index is 12.0. The number of benzene rings is 1. The molecule has 1 atom stereocenters. The second-order valence-electron chi connectivity index (χ2n) is 4.44. The van der Waals surface area contributed by atoms with E-state index < -0.39 is 0 Å². The molecule has 0 saturated carbocycles. The van der Waals surface area contributed by atoms with Gasteiger partial charge in [0.25, 0.3) is 5.91 Å². The Morgan fingerprint density at radius 3 is 2.90 bits per heavy atom. The fourth-order valence-corrected chi connectivity index (χ4v) is 1.92. The first-order valence-electron chi connectivity index (χ1n) is 6.36. The molecule has 0 spiro atoms. The largest absolute Gasteiger partial charge is 0.484 e. The van der Waals surface area contributed by atoms with E-state index in [1.807, 2.05) is 6.07 Å². The first kappa shape index (κ1) is 14.3. The summed E-state index contributed by atoms with van der Waals surface area (Å²) in [7, 11) is 0. The van der Waals surface area contributed by atoms with E-state index in [1.165, 1.54) is 0 Å². The van der Waals surface area contributed by atoms with Crippen LogP contribution in [0, 0.1) is 11.3 Å². The zero-order valence-electron chi connectivity index (χ0n) is 11.0. The highest BCUT2D eigenvalue weighted by Gasteiger charge is 2.23. The summed E-state index contributed by atoms with van der Waals surface area (Å²) in [6, 6.07) is 8.59. The number of aliphatic hydroxyl groups is 1. The van der Waals surface area contributed by atoms with Gasteiger partial charge in [0.1, 0.15) is 5.75 Å². The highest BCUT2D eigenvalue weighted by molar-refractivity contribution is 5.77. The van der Waals surface area contributed by atoms with Gasteiger partial charge in [-0.15, -0.1) is 0 Å². The number of carbonyl (C=O) groups excluding carboxylic acids is 1. The molecule has 1 fully saturated rings. The molecule has 0 radical (unpaired) electrons. The molecule has 1 aromatic carbocycles. The second kappa shape index (κ2) is 6.89. The molecule has 1 aliphatic heterocycles. The van der Waals surface area contributed by atoms with Gasteiger partial charge in [-0.2, -0.15) is 5.26 Å². The van der Waals surface area contributed by atoms with Crippen LogP contribution in [-0.4, -0.2) is 54.9 Å². The molecule has 1 unspecified atom stereocenters. The third-order valence-corrected chi connectivity index (χ3v) is 3.04. The quantitative estimate of drug-likeness (QED) is 0.847. The molecular weight excluding hydrogens is 260 g/mol. The lowest BCUT2D eigenvalue weighted by atomic mass is 10.2. The van der Waals surface area contributed by atoms with Crippen molar-refractivity contribution in [2.45, 2.75) is 6.10 Å². The van der Waals surface area contributed by atoms with Crippen LogP contribution in [0.3, 0.4) is 0 Å². The van der Waals surface area contributed by atoms with Crippen molar-refractivity contribution < 1.29 is 19.4 Å². The van der Waals surface area contributed by atoms with Gasteiger partial charge in [0.2, 0.25) is 0 Å². The third kappa shape index (κ3) is 3.70. The predicted octanol–water partition coefficient (Wildman–Crippen LogP) is 0.157. The lowest BCUT2D eigenvalue weighted by molar-refractivity contribution is -0.142. The number of hydrogen-bond acceptors (Lipinski definition) is 5. The van der Waals surface area contributed by atoms with Crippen LogP contribution < -0.4 is 4.74 Å². The molecule has 1 aromatic rings. The van der Waals surface area contributed by atoms with E-state index in [0.717, 1.165) is 0 Å². The van der Waals surface area contributed by atoms with Gasteiger partial charge in [-0.05, 0) is 24.3 Å². The molecule has 1 aliphatic rings. The number of aliphatic hydroxyl groups excluding tert-OH is 1. The van der Waals surface area contributed by atoms with Gasteiger partial charge < -0.3 is 19.5 Å². The summed E-state index contributed by atoms with van der Waals surface area (Å²) in [4.78, 5) is 13.6. The third-order valence-electron chi connectivity index (χ3n) is 3.04. The van der Waals surface area contributed by atoms with E-state index in [0.29, 0.717) is 31.0 Å². The van der Waals surface area contributed by atoms with Crippen molar-refractivity contribution >= 4 is 5.91 Å². The monoisotopic (exact) mass is 276 g/mol. The summed E-state index contributed by atoms with van der Waals surface area (Å²) in [6.45, 7) is 1.15. The molecule has 0 aliphatic carbocycles. The van der Waals surface area contributed by atoms with Gasteiger partial charge in [0.15, 0.2) is 6.61 Å². The summed E-state index contributed by atoms with van der Waals surface area (Å²) in [5.41, 5.74) is 0.544. The van der Waals surface area contributed by atoms with E-state index in [2.05, 4.69) is 0 Å². The van der Waals surface area contributed by atoms with Crippen LogP contribution in [0.1, 0.15) is 5.56 Å². The molecule has 2 rings (SSSR count). The minimum Gasteiger partial charge on any atom is -0.484 e. The molecule has 20 heavy (non-hydrogen) atoms. The fraction of sp³-hybridized carbons (Fsp3) is 0.429. The standard InChI is InChI=1S/C14H16N2O4/c15-7-11-1-3-12(4-2-11)20-10-14(18)16-5-6-19-13(8-16)9-17/h1-4,13,17H,5-6,8-10H2. The van der Waals surface area contributed by atoms with Crippen molar-refractivity contribution in [3.8, 4) is 11.8 Å². The zero-order valence-corrected chi connectivity index (χ0v) is 11.0. The lowest BCUT2D eigenvalue weighted by Gasteiger charge is -2.31. The highest BCUT2D eigenvalue weighted by Crippen LogP contribution is 2.12. The Labute approximate surface area is 117 Å². The van der Waals surface area contributed by atoms with Crippen LogP contribution in [0.5, 0.6) is 5.75 Å². The summed E-state index contributed by atoms with van der Waals surface area (Å²) < 4.78 is 10.7. The van der Waals surface area contributed by atoms with E-state index >= 15 is 0 Å². The first-order chi connectivity index (χ1) is 9.72. The van der Waals surface area contributed by atoms with Crippen LogP contribution in [0.4, 0.5) is 0 Å². The topological polar surface area (TPSA) is 82.8 Å². The molecule has 1 N–H and O–H groups in total. The molecule has 6 heteroatoms. The molecule has 1 amide bonds. The second-order valence-corrected chi connectivity index (χ2v) is 4.44. The zero-order chi connectivity index (χ0) is 14.4. The number of amides is 1. The van der Waals surface area contributed by atoms with E-state index in [-0.39, 0.29) is 25.2 Å². The van der Waals surface area contributed by atoms with Gasteiger partial charge in [-0.3, -0.25) is 4.79 Å². The molecule has 0 aromatic heterocycles. The van der Waals surface area contributed by atoms with Gasteiger partial charge in [-0.25, -0.2) is 0 Å². The number of nitrogens with zero attached hydrogens (tertiary/aromatic N) is 2. The Hall–Kier alpha value is -2.10. The predicted molar refractivity (Wildman–Crippen MR) is 70.1 cm³/mol. The summed E-state index contributed by atoms with van der Waals surface area (Å²) in [6.07, 6.45) is -0.317. The Kier molecular flexibility index (Phi) is 4.93. The molecule has 106 valence electrons. The number of morpholine rings is 1. The average Bonchev–Trinajstić information content (AvgIpc) is 2.53. The molecule has 6 nitrogen and oxygen atoms in total. The van der Waals surface area contributed by atoms with Crippen LogP contribution in [0.2, 0.25) is 0 Å². The van der Waals surface area contributed by atoms with Gasteiger partial charge in [-0.1, -0.05) is 0 Å². The van der Waals surface area contributed by atoms with E-state index in [9.17, 15) is 4.79 Å². The van der Waals surface area contributed by atoms with Gasteiger partial charge in [0, 0.05) is 13.1 Å². The van der Waals surface area contributed by atoms with Crippen molar-refractivity contribution in [2.75, 3.05) is 32.9 Å². The van der Waals surface area contributed by atoms with E-state index in [1.54, 1.807) is 29.2 Å². The average molecular weight is 276 g/mol. The summed E-state index contributed by atoms with van der Waals surface area (Å²) in [5, 5.41) is 17.7. The highest BCUT2D eigenvalue weighted by atomic mass is 16.5. The van der Waals surface area contributed by atoms with E-state index in [4.69, 9.17) is 19.8 Å². The number of ether oxygens (including phenoxy) is 2. The molecular formula is C14H16N2O4. The fourth-order valence-electron chi connectivity index (χ4n) is 1.92. The first-order valence-corrected chi connectivity index (χ1v) is 6.36. The Morgan fingerprint density at radius 2 is 2.25 bits per heavy atom.